The third kappa shape index (κ3) is 8.27. The lowest BCUT2D eigenvalue weighted by Crippen LogP contribution is -2.16. The summed E-state index contributed by atoms with van der Waals surface area (Å²) < 4.78 is 6.65. The number of phenols is 3. The quantitative estimate of drug-likeness (QED) is 0.176. The maximum Gasteiger partial charge on any atom is 0.126 e. The predicted molar refractivity (Wildman–Crippen MR) is 213 cm³/mol. The summed E-state index contributed by atoms with van der Waals surface area (Å²) >= 11 is 0. The largest absolute Gasteiger partial charge is 0.507 e. The number of aromatic hydroxyl groups is 3. The average molecular weight is 691 g/mol. The Balaban J connectivity index is 1.92. The van der Waals surface area contributed by atoms with Crippen molar-refractivity contribution in [1.82, 2.24) is 0 Å². The van der Waals surface area contributed by atoms with Crippen LogP contribution in [-0.2, 0) is 47.3 Å². The summed E-state index contributed by atoms with van der Waals surface area (Å²) in [6.07, 6.45) is 2.57. The van der Waals surface area contributed by atoms with Gasteiger partial charge in [0.05, 0.1) is 6.61 Å². The molecule has 0 spiro atoms. The highest BCUT2D eigenvalue weighted by molar-refractivity contribution is 5.59. The van der Waals surface area contributed by atoms with Crippen molar-refractivity contribution < 1.29 is 20.1 Å². The Morgan fingerprint density at radius 3 is 0.843 bits per heavy atom. The summed E-state index contributed by atoms with van der Waals surface area (Å²) in [5, 5.41) is 36.2. The second kappa shape index (κ2) is 13.6. The minimum Gasteiger partial charge on any atom is -0.507 e. The Morgan fingerprint density at radius 2 is 0.627 bits per heavy atom. The van der Waals surface area contributed by atoms with Crippen LogP contribution >= 0.6 is 0 Å². The first-order valence-electron chi connectivity index (χ1n) is 18.8. The number of fused-ring (bicyclic) bond motifs is 8. The number of hydrogen-bond acceptors (Lipinski definition) is 4. The monoisotopic (exact) mass is 690 g/mol. The highest BCUT2D eigenvalue weighted by Gasteiger charge is 2.28. The molecule has 0 aromatic heterocycles. The summed E-state index contributed by atoms with van der Waals surface area (Å²) in [6, 6.07) is 17.2. The molecule has 0 fully saturated rings. The second-order valence-corrected chi connectivity index (χ2v) is 19.1. The average Bonchev–Trinajstić information content (AvgIpc) is 2.99. The lowest BCUT2D eigenvalue weighted by molar-refractivity contribution is 0.311. The van der Waals surface area contributed by atoms with Crippen LogP contribution in [0.25, 0.3) is 0 Å². The number of hydrogen-bond donors (Lipinski definition) is 3. The van der Waals surface area contributed by atoms with E-state index in [0.29, 0.717) is 32.3 Å². The van der Waals surface area contributed by atoms with Gasteiger partial charge in [0, 0.05) is 25.7 Å². The Morgan fingerprint density at radius 1 is 0.412 bits per heavy atom. The fraction of sp³-hybridized carbons (Fsp3) is 0.489. The lowest BCUT2D eigenvalue weighted by Gasteiger charge is -2.27. The van der Waals surface area contributed by atoms with Gasteiger partial charge in [-0.1, -0.05) is 139 Å². The molecule has 0 saturated heterocycles. The molecule has 0 amide bonds. The minimum atomic E-state index is -0.179. The van der Waals surface area contributed by atoms with Gasteiger partial charge < -0.3 is 20.1 Å². The maximum atomic E-state index is 12.1. The first-order chi connectivity index (χ1) is 23.5. The SMILES string of the molecule is CCCOc1c2cc(C(C)(C)C)cc1Cc1cc(C(C)(C)C)cc(c1O)Cc1cc(C(C)(C)C)cc(c1O)Cc1cc(C(C)(C)C)cc(c1O)C2. The van der Waals surface area contributed by atoms with E-state index in [-0.39, 0.29) is 38.9 Å². The molecule has 4 aromatic carbocycles. The molecule has 8 bridgehead atoms. The first-order valence-corrected chi connectivity index (χ1v) is 18.8. The van der Waals surface area contributed by atoms with Crippen LogP contribution in [0.5, 0.6) is 23.0 Å². The molecule has 1 aliphatic rings. The van der Waals surface area contributed by atoms with Gasteiger partial charge in [0.1, 0.15) is 23.0 Å². The summed E-state index contributed by atoms with van der Waals surface area (Å²) in [5.41, 5.74) is 10.8. The van der Waals surface area contributed by atoms with E-state index in [1.165, 1.54) is 5.56 Å². The number of benzene rings is 4. The van der Waals surface area contributed by atoms with Gasteiger partial charge in [-0.25, -0.2) is 0 Å². The molecule has 0 heterocycles. The highest BCUT2D eigenvalue weighted by Crippen LogP contribution is 2.43. The zero-order chi connectivity index (χ0) is 37.8. The molecular weight excluding hydrogens is 629 g/mol. The van der Waals surface area contributed by atoms with E-state index in [4.69, 9.17) is 4.74 Å². The van der Waals surface area contributed by atoms with Crippen LogP contribution in [-0.4, -0.2) is 21.9 Å². The Hall–Kier alpha value is -3.92. The predicted octanol–water partition coefficient (Wildman–Crippen LogP) is 11.5. The Kier molecular flexibility index (Phi) is 10.2. The van der Waals surface area contributed by atoms with E-state index < -0.39 is 0 Å². The molecule has 274 valence electrons. The molecule has 4 aromatic rings. The third-order valence-electron chi connectivity index (χ3n) is 10.5. The van der Waals surface area contributed by atoms with Crippen molar-refractivity contribution in [1.29, 1.82) is 0 Å². The van der Waals surface area contributed by atoms with E-state index in [2.05, 4.69) is 139 Å². The highest BCUT2D eigenvalue weighted by atomic mass is 16.5. The topological polar surface area (TPSA) is 69.9 Å². The van der Waals surface area contributed by atoms with Crippen molar-refractivity contribution in [2.75, 3.05) is 6.61 Å². The molecule has 0 radical (unpaired) electrons. The molecule has 5 rings (SSSR count). The van der Waals surface area contributed by atoms with Crippen molar-refractivity contribution in [3.8, 4) is 23.0 Å². The van der Waals surface area contributed by atoms with Crippen LogP contribution in [0.2, 0.25) is 0 Å². The van der Waals surface area contributed by atoms with Gasteiger partial charge in [-0.15, -0.1) is 0 Å². The zero-order valence-electron chi connectivity index (χ0n) is 33.6. The van der Waals surface area contributed by atoms with Crippen LogP contribution in [0.3, 0.4) is 0 Å². The molecule has 51 heavy (non-hydrogen) atoms. The third-order valence-corrected chi connectivity index (χ3v) is 10.5. The summed E-state index contributed by atoms with van der Waals surface area (Å²) in [4.78, 5) is 0. The van der Waals surface area contributed by atoms with E-state index in [0.717, 1.165) is 73.4 Å². The number of ether oxygens (including phenoxy) is 1. The number of rotatable bonds is 3. The van der Waals surface area contributed by atoms with Crippen LogP contribution < -0.4 is 4.74 Å². The van der Waals surface area contributed by atoms with Crippen molar-refractivity contribution in [3.63, 3.8) is 0 Å². The van der Waals surface area contributed by atoms with Crippen LogP contribution in [0.15, 0.2) is 48.5 Å². The Labute approximate surface area is 307 Å². The lowest BCUT2D eigenvalue weighted by atomic mass is 9.79. The fourth-order valence-corrected chi connectivity index (χ4v) is 7.05. The first kappa shape index (κ1) is 38.3. The van der Waals surface area contributed by atoms with E-state index in [9.17, 15) is 15.3 Å². The van der Waals surface area contributed by atoms with E-state index >= 15 is 0 Å². The minimum absolute atomic E-state index is 0.139. The summed E-state index contributed by atoms with van der Waals surface area (Å²) in [5.74, 6) is 1.58. The molecule has 0 atom stereocenters. The smallest absolute Gasteiger partial charge is 0.126 e. The molecule has 0 saturated carbocycles. The van der Waals surface area contributed by atoms with Gasteiger partial charge in [0.15, 0.2) is 0 Å². The Bertz CT molecular complexity index is 1820. The summed E-state index contributed by atoms with van der Waals surface area (Å²) in [6.45, 7) is 29.1. The van der Waals surface area contributed by atoms with Gasteiger partial charge in [0.25, 0.3) is 0 Å². The molecule has 4 nitrogen and oxygen atoms in total. The zero-order valence-corrected chi connectivity index (χ0v) is 33.6. The van der Waals surface area contributed by atoms with Gasteiger partial charge >= 0.3 is 0 Å². The summed E-state index contributed by atoms with van der Waals surface area (Å²) in [7, 11) is 0. The molecule has 4 heteroatoms. The normalized spacial score (nSPS) is 14.1. The van der Waals surface area contributed by atoms with Gasteiger partial charge in [-0.3, -0.25) is 0 Å². The van der Waals surface area contributed by atoms with Gasteiger partial charge in [-0.2, -0.15) is 0 Å². The van der Waals surface area contributed by atoms with Gasteiger partial charge in [-0.05, 0) is 94.8 Å². The van der Waals surface area contributed by atoms with Crippen LogP contribution in [0, 0.1) is 0 Å². The molecule has 0 unspecified atom stereocenters. The fourth-order valence-electron chi connectivity index (χ4n) is 7.05. The van der Waals surface area contributed by atoms with E-state index in [1.54, 1.807) is 0 Å². The maximum absolute atomic E-state index is 12.1. The van der Waals surface area contributed by atoms with Crippen molar-refractivity contribution >= 4 is 0 Å². The molecule has 1 aliphatic carbocycles. The molecular formula is C47H62O4. The van der Waals surface area contributed by atoms with Crippen molar-refractivity contribution in [2.45, 2.75) is 144 Å². The second-order valence-electron chi connectivity index (χ2n) is 19.1. The standard InChI is InChI=1S/C47H62O4/c1-14-15-51-43-34-18-32-24-37(45(5,6)7)22-30(41(32)49)16-28-20-36(44(2,3)4)21-29(40(28)48)17-31-23-38(46(8,9)10)25-33(42(31)50)19-35(43)27-39(26-34)47(11,12)13/h20-27,48-50H,14-19H2,1-13H3. The number of phenolic OH excluding ortho intramolecular Hbond substituents is 3. The van der Waals surface area contributed by atoms with E-state index in [1.807, 2.05) is 0 Å². The molecule has 0 aliphatic heterocycles. The molecule has 3 N–H and O–H groups in total. The van der Waals surface area contributed by atoms with Gasteiger partial charge in [0.2, 0.25) is 0 Å². The van der Waals surface area contributed by atoms with Crippen LogP contribution in [0.4, 0.5) is 0 Å². The van der Waals surface area contributed by atoms with Crippen LogP contribution in [0.1, 0.15) is 163 Å². The van der Waals surface area contributed by atoms with Crippen molar-refractivity contribution in [3.05, 3.63) is 115 Å². The van der Waals surface area contributed by atoms with Crippen molar-refractivity contribution in [2.24, 2.45) is 0 Å².